The molecule has 0 fully saturated rings. The summed E-state index contributed by atoms with van der Waals surface area (Å²) in [6, 6.07) is 31.5. The average Bonchev–Trinajstić information content (AvgIpc) is 3.39. The quantitative estimate of drug-likeness (QED) is 0.244. The highest BCUT2D eigenvalue weighted by atomic mass is 15.3. The van der Waals surface area contributed by atoms with Gasteiger partial charge in [-0.1, -0.05) is 97.9 Å². The molecular weight excluding hydrogens is 524 g/mol. The van der Waals surface area contributed by atoms with Crippen LogP contribution in [-0.4, -0.2) is 23.6 Å². The van der Waals surface area contributed by atoms with Gasteiger partial charge in [-0.15, -0.1) is 0 Å². The topological polar surface area (TPSA) is 22.6 Å². The Balaban J connectivity index is 1.64. The third-order valence-corrected chi connectivity index (χ3v) is 9.76. The van der Waals surface area contributed by atoms with Gasteiger partial charge in [0.1, 0.15) is 0 Å². The fourth-order valence-corrected chi connectivity index (χ4v) is 8.23. The van der Waals surface area contributed by atoms with Gasteiger partial charge in [-0.25, -0.2) is 0 Å². The van der Waals surface area contributed by atoms with Crippen LogP contribution < -0.4 is 9.80 Å². The summed E-state index contributed by atoms with van der Waals surface area (Å²) in [6.07, 6.45) is 6.23. The minimum Gasteiger partial charge on any atom is -0.361 e. The van der Waals surface area contributed by atoms with Gasteiger partial charge in [-0.2, -0.15) is 0 Å². The van der Waals surface area contributed by atoms with E-state index in [9.17, 15) is 0 Å². The van der Waals surface area contributed by atoms with Gasteiger partial charge in [0, 0.05) is 47.8 Å². The Morgan fingerprint density at radius 2 is 1.35 bits per heavy atom. The first-order chi connectivity index (χ1) is 20.3. The summed E-state index contributed by atoms with van der Waals surface area (Å²) < 4.78 is 0. The number of anilines is 4. The molecule has 4 aromatic rings. The zero-order valence-electron chi connectivity index (χ0n) is 27.3. The van der Waals surface area contributed by atoms with Crippen molar-refractivity contribution in [2.45, 2.75) is 66.2 Å². The molecule has 3 aromatic carbocycles. The maximum Gasteiger partial charge on any atom is 0.0938 e. The Bertz CT molecular complexity index is 1660. The highest BCUT2D eigenvalue weighted by Crippen LogP contribution is 2.59. The molecule has 0 aliphatic carbocycles. The van der Waals surface area contributed by atoms with Crippen molar-refractivity contribution in [3.05, 3.63) is 126 Å². The number of hydrogen-bond acceptors (Lipinski definition) is 4. The van der Waals surface area contributed by atoms with E-state index in [1.165, 1.54) is 33.8 Å². The number of rotatable bonds is 4. The monoisotopic (exact) mass is 570 g/mol. The molecule has 4 nitrogen and oxygen atoms in total. The molecule has 1 aromatic heterocycles. The lowest BCUT2D eigenvalue weighted by Gasteiger charge is -2.54. The first kappa shape index (κ1) is 29.0. The van der Waals surface area contributed by atoms with Gasteiger partial charge < -0.3 is 14.7 Å². The zero-order valence-corrected chi connectivity index (χ0v) is 27.3. The first-order valence-electron chi connectivity index (χ1n) is 15.5. The van der Waals surface area contributed by atoms with Gasteiger partial charge >= 0.3 is 0 Å². The molecular formula is C39H46N4. The molecule has 3 heterocycles. The second-order valence-corrected chi connectivity index (χ2v) is 14.9. The highest BCUT2D eigenvalue weighted by molar-refractivity contribution is 5.87. The fraction of sp³-hybridized carbons (Fsp3) is 0.359. The first-order valence-corrected chi connectivity index (χ1v) is 15.5. The van der Waals surface area contributed by atoms with Crippen molar-refractivity contribution in [1.82, 2.24) is 9.88 Å². The third-order valence-electron chi connectivity index (χ3n) is 9.76. The van der Waals surface area contributed by atoms with Crippen LogP contribution in [0.1, 0.15) is 77.8 Å². The number of fused-ring (bicyclic) bond motifs is 2. The van der Waals surface area contributed by atoms with Crippen molar-refractivity contribution in [2.24, 2.45) is 10.8 Å². The molecule has 4 heteroatoms. The number of hydrogen-bond donors (Lipinski definition) is 0. The van der Waals surface area contributed by atoms with Crippen molar-refractivity contribution in [3.8, 4) is 0 Å². The number of benzene rings is 3. The standard InChI is InChI=1S/C39H46N4/c1-36(2,3)39(37(4,5)6,35-19-12-13-22-40-35)28-20-21-32-34(25-28)43(33-18-11-10-17-31(33)38(32,7)8)30-16-14-15-29(26-30)42-24-23-41(9)27-42/h10-26H,27H2,1-9H3. The number of para-hydroxylation sites is 1. The molecule has 0 unspecified atom stereocenters. The number of pyridine rings is 1. The summed E-state index contributed by atoms with van der Waals surface area (Å²) >= 11 is 0. The van der Waals surface area contributed by atoms with Crippen molar-refractivity contribution in [1.29, 1.82) is 0 Å². The second kappa shape index (κ2) is 10.0. The Morgan fingerprint density at radius 1 is 0.674 bits per heavy atom. The van der Waals surface area contributed by atoms with E-state index < -0.39 is 0 Å². The summed E-state index contributed by atoms with van der Waals surface area (Å²) in [5, 5.41) is 0. The molecule has 0 radical (unpaired) electrons. The average molecular weight is 571 g/mol. The Morgan fingerprint density at radius 3 is 2.00 bits per heavy atom. The Hall–Kier alpha value is -4.05. The summed E-state index contributed by atoms with van der Waals surface area (Å²) in [4.78, 5) is 12.0. The molecule has 6 rings (SSSR count). The van der Waals surface area contributed by atoms with Crippen LogP contribution in [0.3, 0.4) is 0 Å². The molecule has 0 atom stereocenters. The van der Waals surface area contributed by atoms with Crippen LogP contribution in [0.5, 0.6) is 0 Å². The van der Waals surface area contributed by atoms with E-state index in [-0.39, 0.29) is 21.7 Å². The predicted octanol–water partition coefficient (Wildman–Crippen LogP) is 9.75. The van der Waals surface area contributed by atoms with Gasteiger partial charge in [0.05, 0.1) is 23.7 Å². The zero-order chi connectivity index (χ0) is 30.8. The van der Waals surface area contributed by atoms with Gasteiger partial charge in [-0.05, 0) is 70.0 Å². The van der Waals surface area contributed by atoms with Crippen LogP contribution in [0.25, 0.3) is 0 Å². The van der Waals surface area contributed by atoms with E-state index >= 15 is 0 Å². The molecule has 2 aliphatic heterocycles. The molecule has 0 saturated heterocycles. The number of nitrogens with zero attached hydrogens (tertiary/aromatic N) is 4. The summed E-state index contributed by atoms with van der Waals surface area (Å²) in [7, 11) is 2.11. The van der Waals surface area contributed by atoms with Crippen LogP contribution in [0.15, 0.2) is 104 Å². The fourth-order valence-electron chi connectivity index (χ4n) is 8.23. The van der Waals surface area contributed by atoms with Gasteiger partial charge in [0.15, 0.2) is 0 Å². The Labute approximate surface area is 258 Å². The summed E-state index contributed by atoms with van der Waals surface area (Å²) in [5.41, 5.74) is 9.16. The van der Waals surface area contributed by atoms with Crippen LogP contribution in [0.2, 0.25) is 0 Å². The van der Waals surface area contributed by atoms with Crippen LogP contribution in [0, 0.1) is 10.8 Å². The third kappa shape index (κ3) is 4.45. The van der Waals surface area contributed by atoms with Crippen molar-refractivity contribution < 1.29 is 0 Å². The van der Waals surface area contributed by atoms with Gasteiger partial charge in [-0.3, -0.25) is 4.98 Å². The van der Waals surface area contributed by atoms with E-state index in [0.717, 1.165) is 18.1 Å². The molecule has 2 aliphatic rings. The molecule has 222 valence electrons. The molecule has 43 heavy (non-hydrogen) atoms. The van der Waals surface area contributed by atoms with E-state index in [1.54, 1.807) is 0 Å². The largest absolute Gasteiger partial charge is 0.361 e. The Kier molecular flexibility index (Phi) is 6.76. The van der Waals surface area contributed by atoms with E-state index in [0.29, 0.717) is 0 Å². The molecule has 0 amide bonds. The lowest BCUT2D eigenvalue weighted by molar-refractivity contribution is 0.0865. The molecule has 0 bridgehead atoms. The van der Waals surface area contributed by atoms with E-state index in [2.05, 4.69) is 168 Å². The second-order valence-electron chi connectivity index (χ2n) is 14.9. The summed E-state index contributed by atoms with van der Waals surface area (Å²) in [5.74, 6) is 0. The minimum absolute atomic E-state index is 0.116. The lowest BCUT2D eigenvalue weighted by Crippen LogP contribution is -2.52. The summed E-state index contributed by atoms with van der Waals surface area (Å²) in [6.45, 7) is 19.8. The predicted molar refractivity (Wildman–Crippen MR) is 181 cm³/mol. The molecule has 0 N–H and O–H groups in total. The maximum atomic E-state index is 5.05. The van der Waals surface area contributed by atoms with Crippen molar-refractivity contribution in [3.63, 3.8) is 0 Å². The molecule has 0 saturated carbocycles. The van der Waals surface area contributed by atoms with Crippen LogP contribution in [-0.2, 0) is 10.8 Å². The lowest BCUT2D eigenvalue weighted by atomic mass is 9.49. The van der Waals surface area contributed by atoms with Crippen molar-refractivity contribution >= 4 is 22.7 Å². The minimum atomic E-state index is -0.351. The maximum absolute atomic E-state index is 5.05. The van der Waals surface area contributed by atoms with Crippen LogP contribution in [0.4, 0.5) is 22.7 Å². The highest BCUT2D eigenvalue weighted by Gasteiger charge is 2.54. The van der Waals surface area contributed by atoms with Gasteiger partial charge in [0.25, 0.3) is 0 Å². The number of aromatic nitrogens is 1. The van der Waals surface area contributed by atoms with E-state index in [4.69, 9.17) is 4.98 Å². The van der Waals surface area contributed by atoms with Crippen LogP contribution >= 0.6 is 0 Å². The van der Waals surface area contributed by atoms with E-state index in [1.807, 2.05) is 12.3 Å². The van der Waals surface area contributed by atoms with Gasteiger partial charge in [0.2, 0.25) is 0 Å². The van der Waals surface area contributed by atoms with Crippen molar-refractivity contribution in [2.75, 3.05) is 23.5 Å². The normalized spacial score (nSPS) is 16.3. The smallest absolute Gasteiger partial charge is 0.0938 e. The molecule has 0 spiro atoms. The SMILES string of the molecule is CN1C=CN(c2cccc(N3c4ccccc4C(C)(C)c4ccc(C(c5ccccn5)(C(C)(C)C)C(C)(C)C)cc43)c2)C1.